The van der Waals surface area contributed by atoms with Crippen LogP contribution in [0.2, 0.25) is 0 Å². The summed E-state index contributed by atoms with van der Waals surface area (Å²) in [5, 5.41) is 3.32. The zero-order valence-electron chi connectivity index (χ0n) is 10.3. The molecule has 4 nitrogen and oxygen atoms in total. The molecule has 4 heteroatoms. The monoisotopic (exact) mass is 230 g/mol. The summed E-state index contributed by atoms with van der Waals surface area (Å²) in [5.74, 6) is 0. The standard InChI is InChI=1S/C13H18N4/c1-3-4-10(14-2)9-11-5-6-12-13(17-11)16-8-7-15-12/h5-8,10,14H,3-4,9H2,1-2H3. The second-order valence-corrected chi connectivity index (χ2v) is 4.18. The molecule has 0 saturated carbocycles. The van der Waals surface area contributed by atoms with Crippen LogP contribution in [-0.4, -0.2) is 28.0 Å². The zero-order valence-corrected chi connectivity index (χ0v) is 10.3. The molecule has 90 valence electrons. The highest BCUT2D eigenvalue weighted by Crippen LogP contribution is 2.10. The van der Waals surface area contributed by atoms with Crippen molar-refractivity contribution in [2.45, 2.75) is 32.2 Å². The first-order valence-electron chi connectivity index (χ1n) is 6.07. The van der Waals surface area contributed by atoms with E-state index in [2.05, 4.69) is 27.2 Å². The van der Waals surface area contributed by atoms with E-state index in [1.165, 1.54) is 6.42 Å². The van der Waals surface area contributed by atoms with Gasteiger partial charge in [0.05, 0.1) is 0 Å². The van der Waals surface area contributed by atoms with Crippen LogP contribution in [0.25, 0.3) is 11.2 Å². The molecule has 0 aliphatic carbocycles. The Morgan fingerprint density at radius 3 is 2.82 bits per heavy atom. The second kappa shape index (κ2) is 5.68. The van der Waals surface area contributed by atoms with Gasteiger partial charge in [0.15, 0.2) is 5.65 Å². The van der Waals surface area contributed by atoms with Crippen molar-refractivity contribution in [1.82, 2.24) is 20.3 Å². The lowest BCUT2D eigenvalue weighted by Crippen LogP contribution is -2.27. The average Bonchev–Trinajstić information content (AvgIpc) is 2.38. The molecule has 0 fully saturated rings. The van der Waals surface area contributed by atoms with Crippen LogP contribution in [-0.2, 0) is 6.42 Å². The van der Waals surface area contributed by atoms with Crippen LogP contribution in [0.1, 0.15) is 25.5 Å². The molecular weight excluding hydrogens is 212 g/mol. The Labute approximate surface area is 102 Å². The molecule has 2 aromatic heterocycles. The summed E-state index contributed by atoms with van der Waals surface area (Å²) in [4.78, 5) is 13.0. The Morgan fingerprint density at radius 1 is 1.24 bits per heavy atom. The molecule has 0 aliphatic rings. The van der Waals surface area contributed by atoms with E-state index >= 15 is 0 Å². The number of likely N-dealkylation sites (N-methyl/N-ethyl adjacent to an activating group) is 1. The van der Waals surface area contributed by atoms with Crippen LogP contribution in [0.5, 0.6) is 0 Å². The quantitative estimate of drug-likeness (QED) is 0.853. The number of nitrogens with one attached hydrogen (secondary N) is 1. The van der Waals surface area contributed by atoms with Crippen molar-refractivity contribution in [3.8, 4) is 0 Å². The van der Waals surface area contributed by atoms with Gasteiger partial charge in [0, 0.05) is 30.6 Å². The van der Waals surface area contributed by atoms with Gasteiger partial charge in [0.25, 0.3) is 0 Å². The first-order valence-corrected chi connectivity index (χ1v) is 6.07. The van der Waals surface area contributed by atoms with Gasteiger partial charge in [-0.05, 0) is 25.6 Å². The summed E-state index contributed by atoms with van der Waals surface area (Å²) >= 11 is 0. The van der Waals surface area contributed by atoms with E-state index in [0.717, 1.165) is 29.7 Å². The maximum Gasteiger partial charge on any atom is 0.178 e. The predicted octanol–water partition coefficient (Wildman–Crippen LogP) is 1.96. The highest BCUT2D eigenvalue weighted by molar-refractivity contribution is 5.68. The van der Waals surface area contributed by atoms with E-state index < -0.39 is 0 Å². The van der Waals surface area contributed by atoms with E-state index in [9.17, 15) is 0 Å². The minimum absolute atomic E-state index is 0.488. The molecular formula is C13H18N4. The lowest BCUT2D eigenvalue weighted by Gasteiger charge is -2.14. The fourth-order valence-electron chi connectivity index (χ4n) is 1.96. The van der Waals surface area contributed by atoms with E-state index in [4.69, 9.17) is 0 Å². The molecule has 0 saturated heterocycles. The molecule has 17 heavy (non-hydrogen) atoms. The molecule has 2 aromatic rings. The van der Waals surface area contributed by atoms with Gasteiger partial charge < -0.3 is 5.32 Å². The SMILES string of the molecule is CCCC(Cc1ccc2nccnc2n1)NC. The number of rotatable bonds is 5. The lowest BCUT2D eigenvalue weighted by atomic mass is 10.1. The van der Waals surface area contributed by atoms with Crippen LogP contribution in [0, 0.1) is 0 Å². The number of fused-ring (bicyclic) bond motifs is 1. The van der Waals surface area contributed by atoms with Crippen molar-refractivity contribution in [3.63, 3.8) is 0 Å². The van der Waals surface area contributed by atoms with Gasteiger partial charge >= 0.3 is 0 Å². The Balaban J connectivity index is 2.18. The maximum atomic E-state index is 4.53. The lowest BCUT2D eigenvalue weighted by molar-refractivity contribution is 0.509. The van der Waals surface area contributed by atoms with Gasteiger partial charge in [-0.15, -0.1) is 0 Å². The van der Waals surface area contributed by atoms with Crippen molar-refractivity contribution >= 4 is 11.2 Å². The fraction of sp³-hybridized carbons (Fsp3) is 0.462. The number of nitrogens with zero attached hydrogens (tertiary/aromatic N) is 3. The number of aromatic nitrogens is 3. The van der Waals surface area contributed by atoms with E-state index in [-0.39, 0.29) is 0 Å². The molecule has 2 heterocycles. The highest BCUT2D eigenvalue weighted by Gasteiger charge is 2.08. The van der Waals surface area contributed by atoms with Crippen molar-refractivity contribution in [2.75, 3.05) is 7.05 Å². The number of hydrogen-bond acceptors (Lipinski definition) is 4. The minimum Gasteiger partial charge on any atom is -0.317 e. The highest BCUT2D eigenvalue weighted by atomic mass is 14.9. The summed E-state index contributed by atoms with van der Waals surface area (Å²) in [6.45, 7) is 2.20. The predicted molar refractivity (Wildman–Crippen MR) is 68.8 cm³/mol. The van der Waals surface area contributed by atoms with Crippen LogP contribution in [0.3, 0.4) is 0 Å². The second-order valence-electron chi connectivity index (χ2n) is 4.18. The third-order valence-electron chi connectivity index (χ3n) is 2.89. The van der Waals surface area contributed by atoms with Crippen molar-refractivity contribution in [1.29, 1.82) is 0 Å². The van der Waals surface area contributed by atoms with E-state index in [0.29, 0.717) is 6.04 Å². The zero-order chi connectivity index (χ0) is 12.1. The van der Waals surface area contributed by atoms with E-state index in [1.54, 1.807) is 12.4 Å². The topological polar surface area (TPSA) is 50.7 Å². The van der Waals surface area contributed by atoms with Crippen LogP contribution >= 0.6 is 0 Å². The third-order valence-corrected chi connectivity index (χ3v) is 2.89. The molecule has 1 unspecified atom stereocenters. The summed E-state index contributed by atoms with van der Waals surface area (Å²) in [7, 11) is 2.00. The molecule has 0 aliphatic heterocycles. The summed E-state index contributed by atoms with van der Waals surface area (Å²) in [5.41, 5.74) is 2.66. The van der Waals surface area contributed by atoms with Gasteiger partial charge in [-0.3, -0.25) is 4.98 Å². The van der Waals surface area contributed by atoms with Crippen LogP contribution < -0.4 is 5.32 Å². The maximum absolute atomic E-state index is 4.53. The Bertz CT molecular complexity index is 484. The molecule has 0 bridgehead atoms. The third kappa shape index (κ3) is 2.97. The normalized spacial score (nSPS) is 12.8. The van der Waals surface area contributed by atoms with E-state index in [1.807, 2.05) is 19.2 Å². The molecule has 0 aromatic carbocycles. The Hall–Kier alpha value is -1.55. The average molecular weight is 230 g/mol. The summed E-state index contributed by atoms with van der Waals surface area (Å²) < 4.78 is 0. The van der Waals surface area contributed by atoms with Crippen LogP contribution in [0.15, 0.2) is 24.5 Å². The van der Waals surface area contributed by atoms with Gasteiger partial charge in [-0.1, -0.05) is 13.3 Å². The Kier molecular flexibility index (Phi) is 3.98. The van der Waals surface area contributed by atoms with Crippen molar-refractivity contribution < 1.29 is 0 Å². The van der Waals surface area contributed by atoms with Gasteiger partial charge in [0.2, 0.25) is 0 Å². The summed E-state index contributed by atoms with van der Waals surface area (Å²) in [6.07, 6.45) is 6.66. The van der Waals surface area contributed by atoms with Crippen molar-refractivity contribution in [3.05, 3.63) is 30.2 Å². The molecule has 0 spiro atoms. The largest absolute Gasteiger partial charge is 0.317 e. The molecule has 0 amide bonds. The molecule has 1 atom stereocenters. The number of hydrogen-bond donors (Lipinski definition) is 1. The Morgan fingerprint density at radius 2 is 2.06 bits per heavy atom. The number of pyridine rings is 1. The minimum atomic E-state index is 0.488. The van der Waals surface area contributed by atoms with Gasteiger partial charge in [-0.2, -0.15) is 0 Å². The molecule has 0 radical (unpaired) electrons. The van der Waals surface area contributed by atoms with Gasteiger partial charge in [0.1, 0.15) is 5.52 Å². The smallest absolute Gasteiger partial charge is 0.178 e. The summed E-state index contributed by atoms with van der Waals surface area (Å²) in [6, 6.07) is 4.52. The van der Waals surface area contributed by atoms with Gasteiger partial charge in [-0.25, -0.2) is 9.97 Å². The first-order chi connectivity index (χ1) is 8.33. The van der Waals surface area contributed by atoms with Crippen LogP contribution in [0.4, 0.5) is 0 Å². The molecule has 1 N–H and O–H groups in total. The fourth-order valence-corrected chi connectivity index (χ4v) is 1.96. The first kappa shape index (κ1) is 11.9. The van der Waals surface area contributed by atoms with Crippen molar-refractivity contribution in [2.24, 2.45) is 0 Å². The molecule has 2 rings (SSSR count).